The minimum Gasteiger partial charge on any atom is -0.422 e. The van der Waals surface area contributed by atoms with E-state index in [-0.39, 0.29) is 0 Å². The second-order valence-corrected chi connectivity index (χ2v) is 7.05. The molecular weight excluding hydrogens is 391 g/mol. The summed E-state index contributed by atoms with van der Waals surface area (Å²) in [5.41, 5.74) is 1.66. The molecule has 128 valence electrons. The summed E-state index contributed by atoms with van der Waals surface area (Å²) in [6.45, 7) is 0. The minimum absolute atomic E-state index is 0.400. The molecule has 0 atom stereocenters. The van der Waals surface area contributed by atoms with Gasteiger partial charge in [0, 0.05) is 22.5 Å². The normalized spacial score (nSPS) is 11.5. The number of aliphatic imine (C=N–C) groups is 1. The molecule has 0 bridgehead atoms. The van der Waals surface area contributed by atoms with E-state index in [1.54, 1.807) is 41.9 Å². The number of aromatic nitrogens is 1. The number of benzene rings is 2. The monoisotopic (exact) mass is 400 g/mol. The van der Waals surface area contributed by atoms with E-state index in [0.29, 0.717) is 37.6 Å². The summed E-state index contributed by atoms with van der Waals surface area (Å²) in [7, 11) is 0. The van der Waals surface area contributed by atoms with Crippen LogP contribution in [0.15, 0.2) is 68.1 Å². The Labute approximate surface area is 162 Å². The molecule has 0 spiro atoms. The number of rotatable bonds is 3. The third kappa shape index (κ3) is 3.29. The third-order valence-corrected chi connectivity index (χ3v) is 5.12. The summed E-state index contributed by atoms with van der Waals surface area (Å²) in [5, 5.41) is 4.11. The van der Waals surface area contributed by atoms with Crippen molar-refractivity contribution in [2.75, 3.05) is 0 Å². The largest absolute Gasteiger partial charge is 0.422 e. The first-order chi connectivity index (χ1) is 12.6. The molecule has 2 aromatic carbocycles. The number of nitrogens with zero attached hydrogens (tertiary/aromatic N) is 2. The fourth-order valence-electron chi connectivity index (χ4n) is 2.44. The first kappa shape index (κ1) is 17.0. The molecule has 4 nitrogen and oxygen atoms in total. The molecule has 0 aliphatic rings. The van der Waals surface area contributed by atoms with Gasteiger partial charge in [0.2, 0.25) is 5.13 Å². The summed E-state index contributed by atoms with van der Waals surface area (Å²) in [4.78, 5) is 21.0. The lowest BCUT2D eigenvalue weighted by Gasteiger charge is -1.99. The van der Waals surface area contributed by atoms with Crippen molar-refractivity contribution >= 4 is 56.9 Å². The van der Waals surface area contributed by atoms with Crippen molar-refractivity contribution < 1.29 is 4.42 Å². The Kier molecular flexibility index (Phi) is 4.59. The maximum atomic E-state index is 12.2. The SMILES string of the molecule is O=c1oc2ccccc2cc1-c1csc(/N=C/c2c(Cl)cccc2Cl)n1. The van der Waals surface area contributed by atoms with Gasteiger partial charge in [-0.05, 0) is 24.3 Å². The molecule has 7 heteroatoms. The maximum Gasteiger partial charge on any atom is 0.345 e. The fourth-order valence-corrected chi connectivity index (χ4v) is 3.60. The molecule has 4 rings (SSSR count). The van der Waals surface area contributed by atoms with Crippen LogP contribution < -0.4 is 5.63 Å². The standard InChI is InChI=1S/C19H10Cl2N2O2S/c20-14-5-3-6-15(21)13(14)9-22-19-23-16(10-26-19)12-8-11-4-1-2-7-17(11)25-18(12)24/h1-10H/b22-9+. The molecule has 0 fully saturated rings. The van der Waals surface area contributed by atoms with Gasteiger partial charge >= 0.3 is 5.63 Å². The van der Waals surface area contributed by atoms with E-state index in [4.69, 9.17) is 27.6 Å². The van der Waals surface area contributed by atoms with Crippen molar-refractivity contribution in [3.63, 3.8) is 0 Å². The lowest BCUT2D eigenvalue weighted by atomic mass is 10.1. The maximum absolute atomic E-state index is 12.2. The highest BCUT2D eigenvalue weighted by molar-refractivity contribution is 7.13. The number of fused-ring (bicyclic) bond motifs is 1. The number of para-hydroxylation sites is 1. The van der Waals surface area contributed by atoms with Crippen molar-refractivity contribution in [3.8, 4) is 11.3 Å². The minimum atomic E-state index is -0.432. The Hall–Kier alpha value is -2.47. The van der Waals surface area contributed by atoms with Gasteiger partial charge in [-0.15, -0.1) is 11.3 Å². The molecule has 0 saturated carbocycles. The molecule has 0 radical (unpaired) electrons. The number of thiazole rings is 1. The zero-order chi connectivity index (χ0) is 18.1. The second-order valence-electron chi connectivity index (χ2n) is 5.39. The Morgan fingerprint density at radius 1 is 1.08 bits per heavy atom. The van der Waals surface area contributed by atoms with Crippen LogP contribution in [0.5, 0.6) is 0 Å². The molecule has 0 amide bonds. The van der Waals surface area contributed by atoms with E-state index in [2.05, 4.69) is 9.98 Å². The van der Waals surface area contributed by atoms with Gasteiger partial charge in [0.05, 0.1) is 21.3 Å². The van der Waals surface area contributed by atoms with Crippen LogP contribution >= 0.6 is 34.5 Å². The van der Waals surface area contributed by atoms with E-state index < -0.39 is 5.63 Å². The fraction of sp³-hybridized carbons (Fsp3) is 0. The molecule has 2 aromatic heterocycles. The Balaban J connectivity index is 1.70. The first-order valence-corrected chi connectivity index (χ1v) is 9.22. The van der Waals surface area contributed by atoms with Crippen LogP contribution in [-0.4, -0.2) is 11.2 Å². The van der Waals surface area contributed by atoms with Crippen molar-refractivity contribution in [2.45, 2.75) is 0 Å². The van der Waals surface area contributed by atoms with Gasteiger partial charge < -0.3 is 4.42 Å². The summed E-state index contributed by atoms with van der Waals surface area (Å²) >= 11 is 13.6. The van der Waals surface area contributed by atoms with Crippen LogP contribution in [0.4, 0.5) is 5.13 Å². The Bertz CT molecular complexity index is 1180. The summed E-state index contributed by atoms with van der Waals surface area (Å²) in [5.74, 6) is 0. The Morgan fingerprint density at radius 3 is 2.65 bits per heavy atom. The van der Waals surface area contributed by atoms with Crippen LogP contribution in [0.25, 0.3) is 22.2 Å². The van der Waals surface area contributed by atoms with Crippen molar-refractivity contribution in [2.24, 2.45) is 4.99 Å². The topological polar surface area (TPSA) is 55.5 Å². The number of hydrogen-bond acceptors (Lipinski definition) is 5. The molecule has 0 saturated heterocycles. The lowest BCUT2D eigenvalue weighted by Crippen LogP contribution is -2.02. The molecule has 26 heavy (non-hydrogen) atoms. The van der Waals surface area contributed by atoms with Gasteiger partial charge in [-0.25, -0.2) is 14.8 Å². The molecule has 4 aromatic rings. The van der Waals surface area contributed by atoms with Gasteiger partial charge in [0.1, 0.15) is 5.58 Å². The van der Waals surface area contributed by atoms with Crippen LogP contribution in [-0.2, 0) is 0 Å². The number of hydrogen-bond donors (Lipinski definition) is 0. The lowest BCUT2D eigenvalue weighted by molar-refractivity contribution is 0.563. The predicted molar refractivity (Wildman–Crippen MR) is 107 cm³/mol. The summed E-state index contributed by atoms with van der Waals surface area (Å²) < 4.78 is 5.35. The first-order valence-electron chi connectivity index (χ1n) is 7.59. The van der Waals surface area contributed by atoms with E-state index in [1.807, 2.05) is 18.2 Å². The van der Waals surface area contributed by atoms with E-state index in [9.17, 15) is 4.79 Å². The van der Waals surface area contributed by atoms with Crippen LogP contribution in [0.1, 0.15) is 5.56 Å². The van der Waals surface area contributed by atoms with Crippen molar-refractivity contribution in [1.29, 1.82) is 0 Å². The predicted octanol–water partition coefficient (Wildman–Crippen LogP) is 5.97. The van der Waals surface area contributed by atoms with E-state index >= 15 is 0 Å². The van der Waals surface area contributed by atoms with Gasteiger partial charge in [0.25, 0.3) is 0 Å². The molecule has 0 N–H and O–H groups in total. The summed E-state index contributed by atoms with van der Waals surface area (Å²) in [6.07, 6.45) is 1.57. The highest BCUT2D eigenvalue weighted by atomic mass is 35.5. The van der Waals surface area contributed by atoms with Crippen LogP contribution in [0.2, 0.25) is 10.0 Å². The third-order valence-electron chi connectivity index (χ3n) is 3.71. The molecule has 0 aliphatic heterocycles. The smallest absolute Gasteiger partial charge is 0.345 e. The quantitative estimate of drug-likeness (QED) is 0.314. The highest BCUT2D eigenvalue weighted by Crippen LogP contribution is 2.28. The zero-order valence-corrected chi connectivity index (χ0v) is 15.5. The van der Waals surface area contributed by atoms with Crippen molar-refractivity contribution in [3.05, 3.63) is 79.9 Å². The average molecular weight is 401 g/mol. The zero-order valence-electron chi connectivity index (χ0n) is 13.1. The van der Waals surface area contributed by atoms with E-state index in [1.165, 1.54) is 11.3 Å². The number of halogens is 2. The average Bonchev–Trinajstić information content (AvgIpc) is 3.09. The summed E-state index contributed by atoms with van der Waals surface area (Å²) in [6, 6.07) is 14.4. The van der Waals surface area contributed by atoms with Crippen LogP contribution in [0, 0.1) is 0 Å². The molecule has 0 aliphatic carbocycles. The molecule has 2 heterocycles. The van der Waals surface area contributed by atoms with Gasteiger partial charge in [-0.1, -0.05) is 47.5 Å². The molecule has 0 unspecified atom stereocenters. The van der Waals surface area contributed by atoms with Crippen LogP contribution in [0.3, 0.4) is 0 Å². The van der Waals surface area contributed by atoms with Gasteiger partial charge in [-0.2, -0.15) is 0 Å². The van der Waals surface area contributed by atoms with E-state index in [0.717, 1.165) is 5.39 Å². The van der Waals surface area contributed by atoms with Crippen molar-refractivity contribution in [1.82, 2.24) is 4.98 Å². The Morgan fingerprint density at radius 2 is 1.85 bits per heavy atom. The van der Waals surface area contributed by atoms with Gasteiger partial charge in [-0.3, -0.25) is 0 Å². The second kappa shape index (κ2) is 7.03. The molecular formula is C19H10Cl2N2O2S. The highest BCUT2D eigenvalue weighted by Gasteiger charge is 2.11. The van der Waals surface area contributed by atoms with Gasteiger partial charge in [0.15, 0.2) is 0 Å².